The van der Waals surface area contributed by atoms with Crippen LogP contribution in [0, 0.1) is 0 Å². The van der Waals surface area contributed by atoms with Crippen molar-refractivity contribution in [2.45, 2.75) is 18.2 Å². The van der Waals surface area contributed by atoms with Gasteiger partial charge in [0, 0.05) is 12.1 Å². The summed E-state index contributed by atoms with van der Waals surface area (Å²) in [6, 6.07) is 22.6. The van der Waals surface area contributed by atoms with Crippen molar-refractivity contribution in [3.63, 3.8) is 0 Å². The summed E-state index contributed by atoms with van der Waals surface area (Å²) >= 11 is 1.26. The number of para-hydroxylation sites is 1. The molecule has 1 fully saturated rings. The normalized spacial score (nSPS) is 16.4. The Hall–Kier alpha value is -4.11. The second-order valence-corrected chi connectivity index (χ2v) is 8.91. The summed E-state index contributed by atoms with van der Waals surface area (Å²) in [6.07, 6.45) is -0.0445. The fourth-order valence-corrected chi connectivity index (χ4v) is 4.63. The number of carbonyl (C=O) groups is 3. The molecule has 2 amide bonds. The molecule has 35 heavy (non-hydrogen) atoms. The zero-order chi connectivity index (χ0) is 24.8. The number of nitrogens with one attached hydrogen (secondary N) is 1. The van der Waals surface area contributed by atoms with Gasteiger partial charge >= 0.3 is 5.97 Å². The number of carbonyl (C=O) groups excluding carboxylic acids is 2. The number of nitrogens with zero attached hydrogens (tertiary/aromatic N) is 2. The van der Waals surface area contributed by atoms with Gasteiger partial charge in [0.2, 0.25) is 11.8 Å². The summed E-state index contributed by atoms with van der Waals surface area (Å²) in [7, 11) is 1.59. The van der Waals surface area contributed by atoms with Crippen LogP contribution in [0.4, 0.5) is 11.4 Å². The molecule has 0 radical (unpaired) electrons. The van der Waals surface area contributed by atoms with Crippen LogP contribution >= 0.6 is 11.8 Å². The molecule has 0 unspecified atom stereocenters. The molecule has 4 rings (SSSR count). The van der Waals surface area contributed by atoms with E-state index in [1.165, 1.54) is 36.0 Å². The Kier molecular flexibility index (Phi) is 7.47. The molecule has 3 aromatic rings. The van der Waals surface area contributed by atoms with Crippen LogP contribution < -0.4 is 10.1 Å². The Balaban J connectivity index is 1.50. The van der Waals surface area contributed by atoms with Gasteiger partial charge in [-0.15, -0.1) is 0 Å². The van der Waals surface area contributed by atoms with Gasteiger partial charge in [0.1, 0.15) is 11.0 Å². The summed E-state index contributed by atoms with van der Waals surface area (Å²) < 4.78 is 5.21. The molecule has 0 aliphatic carbocycles. The van der Waals surface area contributed by atoms with Gasteiger partial charge in [-0.25, -0.2) is 9.79 Å². The molecule has 1 saturated heterocycles. The van der Waals surface area contributed by atoms with Gasteiger partial charge in [-0.3, -0.25) is 14.5 Å². The highest BCUT2D eigenvalue weighted by Crippen LogP contribution is 2.33. The quantitative estimate of drug-likeness (QED) is 0.480. The summed E-state index contributed by atoms with van der Waals surface area (Å²) in [6.45, 7) is 0.316. The molecule has 8 nitrogen and oxygen atoms in total. The van der Waals surface area contributed by atoms with E-state index in [4.69, 9.17) is 9.84 Å². The molecule has 2 N–H and O–H groups in total. The van der Waals surface area contributed by atoms with Gasteiger partial charge < -0.3 is 15.2 Å². The number of amides is 2. The highest BCUT2D eigenvalue weighted by atomic mass is 32.2. The van der Waals surface area contributed by atoms with Gasteiger partial charge in [0.15, 0.2) is 5.17 Å². The van der Waals surface area contributed by atoms with Crippen LogP contribution in [-0.2, 0) is 16.1 Å². The minimum atomic E-state index is -1.04. The lowest BCUT2D eigenvalue weighted by Gasteiger charge is -2.17. The zero-order valence-electron chi connectivity index (χ0n) is 18.9. The van der Waals surface area contributed by atoms with Crippen molar-refractivity contribution in [3.05, 3.63) is 90.0 Å². The van der Waals surface area contributed by atoms with Crippen LogP contribution in [0.15, 0.2) is 83.9 Å². The third-order valence-corrected chi connectivity index (χ3v) is 6.46. The molecule has 1 heterocycles. The first-order valence-corrected chi connectivity index (χ1v) is 11.7. The van der Waals surface area contributed by atoms with Crippen molar-refractivity contribution in [2.75, 3.05) is 12.4 Å². The Labute approximate surface area is 206 Å². The molecule has 9 heteroatoms. The number of methoxy groups -OCH3 is 1. The number of aliphatic imine (C=N–C) groups is 1. The first kappa shape index (κ1) is 24.0. The largest absolute Gasteiger partial charge is 0.497 e. The third kappa shape index (κ3) is 6.07. The maximum atomic E-state index is 13.3. The third-order valence-electron chi connectivity index (χ3n) is 5.29. The van der Waals surface area contributed by atoms with E-state index < -0.39 is 11.2 Å². The number of carboxylic acids is 1. The first-order chi connectivity index (χ1) is 16.9. The van der Waals surface area contributed by atoms with E-state index in [0.717, 1.165) is 11.3 Å². The second kappa shape index (κ2) is 10.9. The van der Waals surface area contributed by atoms with Crippen molar-refractivity contribution in [1.82, 2.24) is 4.90 Å². The number of carboxylic acid groups (broad SMARTS) is 1. The van der Waals surface area contributed by atoms with Gasteiger partial charge in [-0.05, 0) is 54.1 Å². The Morgan fingerprint density at radius 3 is 2.34 bits per heavy atom. The SMILES string of the molecule is COc1ccc(CN2C(=O)[C@@H](CC(=O)Nc3ccc(C(=O)O)cc3)SC2=Nc2ccccc2)cc1. The van der Waals surface area contributed by atoms with Gasteiger partial charge in [0.05, 0.1) is 24.9 Å². The van der Waals surface area contributed by atoms with Crippen LogP contribution in [0.2, 0.25) is 0 Å². The van der Waals surface area contributed by atoms with Crippen LogP contribution in [0.1, 0.15) is 22.3 Å². The molecule has 0 spiro atoms. The highest BCUT2D eigenvalue weighted by Gasteiger charge is 2.39. The van der Waals surface area contributed by atoms with E-state index in [1.54, 1.807) is 12.0 Å². The predicted octanol–water partition coefficient (Wildman–Crippen LogP) is 4.55. The monoisotopic (exact) mass is 489 g/mol. The molecule has 0 bridgehead atoms. The smallest absolute Gasteiger partial charge is 0.335 e. The number of rotatable bonds is 8. The van der Waals surface area contributed by atoms with E-state index in [-0.39, 0.29) is 23.8 Å². The first-order valence-electron chi connectivity index (χ1n) is 10.8. The molecular formula is C26H23N3O5S. The van der Waals surface area contributed by atoms with Crippen LogP contribution in [0.3, 0.4) is 0 Å². The number of hydrogen-bond donors (Lipinski definition) is 2. The maximum Gasteiger partial charge on any atom is 0.335 e. The summed E-state index contributed by atoms with van der Waals surface area (Å²) in [5.74, 6) is -0.862. The Morgan fingerprint density at radius 2 is 1.71 bits per heavy atom. The minimum Gasteiger partial charge on any atom is -0.497 e. The average Bonchev–Trinajstić information content (AvgIpc) is 3.14. The number of anilines is 1. The molecule has 1 atom stereocenters. The van der Waals surface area contributed by atoms with Crippen LogP contribution in [0.5, 0.6) is 5.75 Å². The number of amidine groups is 1. The minimum absolute atomic E-state index is 0.0445. The number of thioether (sulfide) groups is 1. The van der Waals surface area contributed by atoms with Crippen molar-refractivity contribution < 1.29 is 24.2 Å². The molecule has 0 aromatic heterocycles. The maximum absolute atomic E-state index is 13.3. The highest BCUT2D eigenvalue weighted by molar-refractivity contribution is 8.15. The molecule has 1 aliphatic heterocycles. The van der Waals surface area contributed by atoms with Crippen molar-refractivity contribution in [1.29, 1.82) is 0 Å². The lowest BCUT2D eigenvalue weighted by Crippen LogP contribution is -2.33. The summed E-state index contributed by atoms with van der Waals surface area (Å²) in [5.41, 5.74) is 2.21. The van der Waals surface area contributed by atoms with Gasteiger partial charge in [-0.2, -0.15) is 0 Å². The fraction of sp³-hybridized carbons (Fsp3) is 0.154. The van der Waals surface area contributed by atoms with Crippen molar-refractivity contribution in [3.8, 4) is 5.75 Å². The lowest BCUT2D eigenvalue weighted by atomic mass is 10.2. The van der Waals surface area contributed by atoms with Crippen molar-refractivity contribution >= 4 is 46.1 Å². The molecule has 1 aliphatic rings. The molecule has 178 valence electrons. The average molecular weight is 490 g/mol. The number of aromatic carboxylic acids is 1. The zero-order valence-corrected chi connectivity index (χ0v) is 19.7. The van der Waals surface area contributed by atoms with Crippen molar-refractivity contribution in [2.24, 2.45) is 4.99 Å². The fourth-order valence-electron chi connectivity index (χ4n) is 3.47. The summed E-state index contributed by atoms with van der Waals surface area (Å²) in [5, 5.41) is 11.6. The summed E-state index contributed by atoms with van der Waals surface area (Å²) in [4.78, 5) is 43.2. The topological polar surface area (TPSA) is 108 Å². The van der Waals surface area contributed by atoms with Crippen LogP contribution in [0.25, 0.3) is 0 Å². The second-order valence-electron chi connectivity index (χ2n) is 7.74. The number of benzene rings is 3. The van der Waals surface area contributed by atoms with Crippen LogP contribution in [-0.4, -0.2) is 45.3 Å². The molecule has 0 saturated carbocycles. The van der Waals surface area contributed by atoms with E-state index in [2.05, 4.69) is 10.3 Å². The Morgan fingerprint density at radius 1 is 1.03 bits per heavy atom. The lowest BCUT2D eigenvalue weighted by molar-refractivity contribution is -0.128. The predicted molar refractivity (Wildman–Crippen MR) is 135 cm³/mol. The standard InChI is InChI=1S/C26H23N3O5S/c1-34-21-13-7-17(8-14-21)16-29-24(31)22(35-26(29)28-19-5-3-2-4-6-19)15-23(30)27-20-11-9-18(10-12-20)25(32)33/h2-14,22H,15-16H2,1H3,(H,27,30)(H,32,33)/t22-/m1/s1. The van der Waals surface area contributed by atoms with Gasteiger partial charge in [-0.1, -0.05) is 42.1 Å². The van der Waals surface area contributed by atoms with E-state index in [9.17, 15) is 14.4 Å². The van der Waals surface area contributed by atoms with E-state index in [1.807, 2.05) is 54.6 Å². The van der Waals surface area contributed by atoms with E-state index in [0.29, 0.717) is 23.1 Å². The number of hydrogen-bond acceptors (Lipinski definition) is 6. The van der Waals surface area contributed by atoms with Gasteiger partial charge in [0.25, 0.3) is 0 Å². The van der Waals surface area contributed by atoms with E-state index >= 15 is 0 Å². The Bertz CT molecular complexity index is 1240. The number of ether oxygens (including phenoxy) is 1. The molecule has 3 aromatic carbocycles. The molecular weight excluding hydrogens is 466 g/mol.